The van der Waals surface area contributed by atoms with Crippen molar-refractivity contribution in [2.45, 2.75) is 6.92 Å². The summed E-state index contributed by atoms with van der Waals surface area (Å²) in [5.74, 6) is -2.98. The van der Waals surface area contributed by atoms with Crippen molar-refractivity contribution in [2.24, 2.45) is 0 Å². The average molecular weight is 349 g/mol. The van der Waals surface area contributed by atoms with E-state index >= 15 is 0 Å². The molecule has 0 saturated heterocycles. The van der Waals surface area contributed by atoms with E-state index in [1.807, 2.05) is 0 Å². The lowest BCUT2D eigenvalue weighted by atomic mass is 10.1. The lowest BCUT2D eigenvalue weighted by Gasteiger charge is -2.08. The van der Waals surface area contributed by atoms with Gasteiger partial charge in [0.15, 0.2) is 6.61 Å². The van der Waals surface area contributed by atoms with Crippen LogP contribution in [0.4, 0.5) is 17.3 Å². The minimum Gasteiger partial charge on any atom is -0.450 e. The molecule has 0 atom stereocenters. The van der Waals surface area contributed by atoms with Gasteiger partial charge >= 0.3 is 11.9 Å². The summed E-state index contributed by atoms with van der Waals surface area (Å²) in [5, 5.41) is 23.7. The fourth-order valence-corrected chi connectivity index (χ4v) is 1.88. The largest absolute Gasteiger partial charge is 0.450 e. The van der Waals surface area contributed by atoms with E-state index in [1.54, 1.807) is 13.0 Å². The van der Waals surface area contributed by atoms with Crippen LogP contribution in [0.15, 0.2) is 34.7 Å². The first-order valence-electron chi connectivity index (χ1n) is 6.75. The Labute approximate surface area is 139 Å². The Hall–Kier alpha value is -3.76. The summed E-state index contributed by atoms with van der Waals surface area (Å²) in [6.45, 7) is 0.815. The second-order valence-electron chi connectivity index (χ2n) is 4.75. The maximum Gasteiger partial charge on any atom is 0.433 e. The monoisotopic (exact) mass is 349 g/mol. The van der Waals surface area contributed by atoms with Gasteiger partial charge in [0, 0.05) is 6.07 Å². The molecule has 0 saturated carbocycles. The number of hydrogen-bond donors (Lipinski definition) is 1. The van der Waals surface area contributed by atoms with Crippen molar-refractivity contribution in [3.05, 3.63) is 61.9 Å². The molecule has 0 aliphatic carbocycles. The highest BCUT2D eigenvalue weighted by molar-refractivity contribution is 5.96. The Balaban J connectivity index is 2.00. The fourth-order valence-electron chi connectivity index (χ4n) is 1.88. The third-order valence-corrected chi connectivity index (χ3v) is 3.02. The van der Waals surface area contributed by atoms with E-state index in [-0.39, 0.29) is 11.4 Å². The molecule has 130 valence electrons. The van der Waals surface area contributed by atoms with E-state index in [1.165, 1.54) is 12.1 Å². The van der Waals surface area contributed by atoms with Crippen LogP contribution in [0.3, 0.4) is 0 Å². The number of anilines is 1. The van der Waals surface area contributed by atoms with Crippen LogP contribution in [0.1, 0.15) is 16.1 Å². The van der Waals surface area contributed by atoms with E-state index in [0.717, 1.165) is 12.1 Å². The second-order valence-corrected chi connectivity index (χ2v) is 4.75. The van der Waals surface area contributed by atoms with Crippen LogP contribution in [0.25, 0.3) is 0 Å². The summed E-state index contributed by atoms with van der Waals surface area (Å²) < 4.78 is 9.29. The standard InChI is InChI=1S/C14H11N3O8/c1-8-3-2-4-9(16(20)21)13(8)15-11(18)7-24-14(19)10-5-6-12(25-10)17(22)23/h2-6H,7H2,1H3,(H,15,18). The predicted molar refractivity (Wildman–Crippen MR) is 82.1 cm³/mol. The summed E-state index contributed by atoms with van der Waals surface area (Å²) in [6.07, 6.45) is 0. The van der Waals surface area contributed by atoms with Gasteiger partial charge in [-0.1, -0.05) is 12.1 Å². The minimum atomic E-state index is -1.08. The normalized spacial score (nSPS) is 10.1. The molecule has 25 heavy (non-hydrogen) atoms. The van der Waals surface area contributed by atoms with Crippen molar-refractivity contribution in [2.75, 3.05) is 11.9 Å². The first-order chi connectivity index (χ1) is 11.8. The van der Waals surface area contributed by atoms with Gasteiger partial charge in [0.1, 0.15) is 10.6 Å². The van der Waals surface area contributed by atoms with Gasteiger partial charge in [0.05, 0.1) is 11.0 Å². The zero-order valence-electron chi connectivity index (χ0n) is 12.8. The third kappa shape index (κ3) is 4.16. The zero-order valence-corrected chi connectivity index (χ0v) is 12.8. The number of aryl methyl sites for hydroxylation is 1. The van der Waals surface area contributed by atoms with Gasteiger partial charge in [0.2, 0.25) is 5.76 Å². The number of furan rings is 1. The number of para-hydroxylation sites is 1. The lowest BCUT2D eigenvalue weighted by Crippen LogP contribution is -2.21. The number of esters is 1. The molecule has 1 aromatic carbocycles. The molecule has 0 fully saturated rings. The van der Waals surface area contributed by atoms with Crippen molar-refractivity contribution in [3.63, 3.8) is 0 Å². The fraction of sp³-hybridized carbons (Fsp3) is 0.143. The van der Waals surface area contributed by atoms with Gasteiger partial charge < -0.3 is 14.5 Å². The number of carbonyl (C=O) groups is 2. The van der Waals surface area contributed by atoms with Crippen molar-refractivity contribution < 1.29 is 28.6 Å². The van der Waals surface area contributed by atoms with Crippen LogP contribution >= 0.6 is 0 Å². The van der Waals surface area contributed by atoms with Gasteiger partial charge in [-0.3, -0.25) is 25.0 Å². The summed E-state index contributed by atoms with van der Waals surface area (Å²) >= 11 is 0. The highest BCUT2D eigenvalue weighted by atomic mass is 16.7. The van der Waals surface area contributed by atoms with E-state index in [9.17, 15) is 29.8 Å². The molecule has 1 aromatic heterocycles. The van der Waals surface area contributed by atoms with Crippen LogP contribution < -0.4 is 5.32 Å². The molecule has 1 N–H and O–H groups in total. The Morgan fingerprint density at radius 1 is 1.16 bits per heavy atom. The quantitative estimate of drug-likeness (QED) is 0.472. The number of nitrogens with one attached hydrogen (secondary N) is 1. The van der Waals surface area contributed by atoms with Crippen molar-refractivity contribution in [1.29, 1.82) is 0 Å². The van der Waals surface area contributed by atoms with E-state index in [0.29, 0.717) is 5.56 Å². The van der Waals surface area contributed by atoms with Crippen LogP contribution in [0.5, 0.6) is 0 Å². The van der Waals surface area contributed by atoms with Gasteiger partial charge in [-0.15, -0.1) is 0 Å². The first-order valence-corrected chi connectivity index (χ1v) is 6.75. The number of nitrogens with zero attached hydrogens (tertiary/aromatic N) is 2. The minimum absolute atomic E-state index is 0.0119. The van der Waals surface area contributed by atoms with Gasteiger partial charge in [-0.2, -0.15) is 0 Å². The molecule has 0 spiro atoms. The zero-order chi connectivity index (χ0) is 18.6. The second kappa shape index (κ2) is 7.21. The third-order valence-electron chi connectivity index (χ3n) is 3.02. The Bertz CT molecular complexity index is 858. The molecular formula is C14H11N3O8. The van der Waals surface area contributed by atoms with Crippen molar-refractivity contribution in [3.8, 4) is 0 Å². The van der Waals surface area contributed by atoms with Crippen LogP contribution in [-0.2, 0) is 9.53 Å². The summed E-state index contributed by atoms with van der Waals surface area (Å²) in [5.41, 5.74) is 0.138. The maximum absolute atomic E-state index is 11.8. The highest BCUT2D eigenvalue weighted by Gasteiger charge is 2.21. The molecule has 2 aromatic rings. The van der Waals surface area contributed by atoms with Crippen LogP contribution in [0.2, 0.25) is 0 Å². The summed E-state index contributed by atoms with van der Waals surface area (Å²) in [6, 6.07) is 6.25. The highest BCUT2D eigenvalue weighted by Crippen LogP contribution is 2.27. The van der Waals surface area contributed by atoms with E-state index < -0.39 is 40.0 Å². The Kier molecular flexibility index (Phi) is 5.07. The predicted octanol–water partition coefficient (Wildman–Crippen LogP) is 2.20. The molecule has 0 unspecified atom stereocenters. The van der Waals surface area contributed by atoms with E-state index in [2.05, 4.69) is 14.5 Å². The molecule has 0 aliphatic heterocycles. The van der Waals surface area contributed by atoms with Crippen molar-refractivity contribution >= 4 is 29.1 Å². The summed E-state index contributed by atoms with van der Waals surface area (Å²) in [4.78, 5) is 43.4. The molecule has 11 heteroatoms. The first kappa shape index (κ1) is 17.6. The van der Waals surface area contributed by atoms with Crippen molar-refractivity contribution in [1.82, 2.24) is 0 Å². The molecular weight excluding hydrogens is 338 g/mol. The van der Waals surface area contributed by atoms with Crippen LogP contribution in [-0.4, -0.2) is 28.3 Å². The topological polar surface area (TPSA) is 155 Å². The van der Waals surface area contributed by atoms with Gasteiger partial charge in [-0.05, 0) is 18.6 Å². The van der Waals surface area contributed by atoms with Crippen LogP contribution in [0, 0.1) is 27.2 Å². The Morgan fingerprint density at radius 2 is 1.88 bits per heavy atom. The average Bonchev–Trinajstić information content (AvgIpc) is 3.04. The van der Waals surface area contributed by atoms with Gasteiger partial charge in [-0.25, -0.2) is 4.79 Å². The maximum atomic E-state index is 11.8. The number of nitro groups is 2. The molecule has 1 amide bonds. The SMILES string of the molecule is Cc1cccc([N+](=O)[O-])c1NC(=O)COC(=O)c1ccc([N+](=O)[O-])o1. The number of nitro benzene ring substituents is 1. The molecule has 0 radical (unpaired) electrons. The Morgan fingerprint density at radius 3 is 2.48 bits per heavy atom. The number of amides is 1. The molecule has 0 bridgehead atoms. The molecule has 0 aliphatic rings. The molecule has 2 rings (SSSR count). The number of benzene rings is 1. The molecule has 1 heterocycles. The molecule has 11 nitrogen and oxygen atoms in total. The number of hydrogen-bond acceptors (Lipinski definition) is 8. The summed E-state index contributed by atoms with van der Waals surface area (Å²) in [7, 11) is 0. The number of rotatable bonds is 6. The lowest BCUT2D eigenvalue weighted by molar-refractivity contribution is -0.402. The smallest absolute Gasteiger partial charge is 0.433 e. The number of ether oxygens (including phenoxy) is 1. The number of carbonyl (C=O) groups excluding carboxylic acids is 2. The van der Waals surface area contributed by atoms with Gasteiger partial charge in [0.25, 0.3) is 11.6 Å². The van der Waals surface area contributed by atoms with E-state index in [4.69, 9.17) is 0 Å².